The number of nitrogens with zero attached hydrogens (tertiary/aromatic N) is 1. The SMILES string of the molecule is CO[C@H]1O[C@H](CN(C)[C@H](C)c2ccccc2)CC[C@H]1NC(=O)OCc1ccccc1. The van der Waals surface area contributed by atoms with E-state index in [1.807, 2.05) is 36.4 Å². The summed E-state index contributed by atoms with van der Waals surface area (Å²) < 4.78 is 17.0. The molecule has 1 N–H and O–H groups in total. The van der Waals surface area contributed by atoms with Gasteiger partial charge < -0.3 is 19.5 Å². The van der Waals surface area contributed by atoms with E-state index in [0.717, 1.165) is 24.9 Å². The van der Waals surface area contributed by atoms with Crippen molar-refractivity contribution < 1.29 is 19.0 Å². The van der Waals surface area contributed by atoms with E-state index in [9.17, 15) is 4.79 Å². The highest BCUT2D eigenvalue weighted by Gasteiger charge is 2.33. The number of hydrogen-bond acceptors (Lipinski definition) is 5. The summed E-state index contributed by atoms with van der Waals surface area (Å²) in [5.74, 6) is 0. The Morgan fingerprint density at radius 3 is 2.47 bits per heavy atom. The maximum absolute atomic E-state index is 12.2. The van der Waals surface area contributed by atoms with Crippen molar-refractivity contribution in [1.82, 2.24) is 10.2 Å². The molecule has 0 unspecified atom stereocenters. The number of ether oxygens (including phenoxy) is 3. The molecule has 2 aromatic carbocycles. The van der Waals surface area contributed by atoms with Gasteiger partial charge in [-0.05, 0) is 37.9 Å². The summed E-state index contributed by atoms with van der Waals surface area (Å²) in [6, 6.07) is 20.1. The summed E-state index contributed by atoms with van der Waals surface area (Å²) in [7, 11) is 3.71. The molecular formula is C24H32N2O4. The number of alkyl carbamates (subject to hydrolysis) is 1. The molecule has 30 heavy (non-hydrogen) atoms. The van der Waals surface area contributed by atoms with Crippen molar-refractivity contribution in [2.24, 2.45) is 0 Å². The summed E-state index contributed by atoms with van der Waals surface area (Å²) in [6.45, 7) is 3.23. The first-order valence-corrected chi connectivity index (χ1v) is 10.5. The van der Waals surface area contributed by atoms with Gasteiger partial charge in [-0.15, -0.1) is 0 Å². The highest BCUT2D eigenvalue weighted by Crippen LogP contribution is 2.24. The molecule has 0 aromatic heterocycles. The lowest BCUT2D eigenvalue weighted by Crippen LogP contribution is -2.52. The summed E-state index contributed by atoms with van der Waals surface area (Å²) >= 11 is 0. The Labute approximate surface area is 179 Å². The third-order valence-corrected chi connectivity index (χ3v) is 5.64. The molecule has 3 rings (SSSR count). The lowest BCUT2D eigenvalue weighted by Gasteiger charge is -2.38. The first-order chi connectivity index (χ1) is 14.6. The number of benzene rings is 2. The van der Waals surface area contributed by atoms with Gasteiger partial charge in [0.05, 0.1) is 12.1 Å². The van der Waals surface area contributed by atoms with Crippen LogP contribution in [-0.4, -0.2) is 50.1 Å². The van der Waals surface area contributed by atoms with Crippen molar-refractivity contribution in [3.63, 3.8) is 0 Å². The van der Waals surface area contributed by atoms with Gasteiger partial charge in [-0.3, -0.25) is 4.90 Å². The molecule has 1 aliphatic rings. The van der Waals surface area contributed by atoms with E-state index in [0.29, 0.717) is 6.04 Å². The summed E-state index contributed by atoms with van der Waals surface area (Å²) in [4.78, 5) is 14.5. The van der Waals surface area contributed by atoms with Gasteiger partial charge in [0.1, 0.15) is 6.61 Å². The van der Waals surface area contributed by atoms with Gasteiger partial charge in [0.25, 0.3) is 0 Å². The standard InChI is InChI=1S/C24H32N2O4/c1-18(20-12-8-5-9-13-20)26(2)16-21-14-15-22(23(28-3)30-21)25-24(27)29-17-19-10-6-4-7-11-19/h4-13,18,21-23H,14-17H2,1-3H3,(H,25,27)/t18-,21+,22-,23+/m1/s1. The largest absolute Gasteiger partial charge is 0.445 e. The maximum Gasteiger partial charge on any atom is 0.407 e. The Bertz CT molecular complexity index is 771. The second kappa shape index (κ2) is 11.1. The van der Waals surface area contributed by atoms with Crippen molar-refractivity contribution in [3.8, 4) is 0 Å². The van der Waals surface area contributed by atoms with E-state index in [-0.39, 0.29) is 18.8 Å². The van der Waals surface area contributed by atoms with Gasteiger partial charge in [-0.1, -0.05) is 60.7 Å². The zero-order valence-corrected chi connectivity index (χ0v) is 18.0. The first-order valence-electron chi connectivity index (χ1n) is 10.5. The van der Waals surface area contributed by atoms with Crippen LogP contribution in [0.25, 0.3) is 0 Å². The Balaban J connectivity index is 1.46. The van der Waals surface area contributed by atoms with E-state index in [1.165, 1.54) is 5.56 Å². The van der Waals surface area contributed by atoms with Crippen LogP contribution in [0.4, 0.5) is 4.79 Å². The lowest BCUT2D eigenvalue weighted by molar-refractivity contribution is -0.197. The van der Waals surface area contributed by atoms with E-state index >= 15 is 0 Å². The highest BCUT2D eigenvalue weighted by molar-refractivity contribution is 5.67. The second-order valence-electron chi connectivity index (χ2n) is 7.78. The fourth-order valence-corrected chi connectivity index (χ4v) is 3.73. The molecule has 4 atom stereocenters. The molecular weight excluding hydrogens is 380 g/mol. The van der Waals surface area contributed by atoms with Crippen molar-refractivity contribution in [2.45, 2.75) is 50.8 Å². The smallest absolute Gasteiger partial charge is 0.407 e. The van der Waals surface area contributed by atoms with Gasteiger partial charge in [-0.2, -0.15) is 0 Å². The number of likely N-dealkylation sites (N-methyl/N-ethyl adjacent to an activating group) is 1. The topological polar surface area (TPSA) is 60.0 Å². The molecule has 0 aliphatic carbocycles. The molecule has 6 nitrogen and oxygen atoms in total. The van der Waals surface area contributed by atoms with Crippen molar-refractivity contribution in [3.05, 3.63) is 71.8 Å². The Kier molecular flexibility index (Phi) is 8.25. The fourth-order valence-electron chi connectivity index (χ4n) is 3.73. The van der Waals surface area contributed by atoms with Crippen LogP contribution in [-0.2, 0) is 20.8 Å². The molecule has 2 aromatic rings. The third kappa shape index (κ3) is 6.29. The molecule has 162 valence electrons. The predicted octanol–water partition coefficient (Wildman–Crippen LogP) is 4.13. The van der Waals surface area contributed by atoms with Crippen LogP contribution >= 0.6 is 0 Å². The fraction of sp³-hybridized carbons (Fsp3) is 0.458. The minimum atomic E-state index is -0.492. The summed E-state index contributed by atoms with van der Waals surface area (Å²) in [5.41, 5.74) is 2.23. The van der Waals surface area contributed by atoms with E-state index < -0.39 is 12.4 Å². The molecule has 0 radical (unpaired) electrons. The van der Waals surface area contributed by atoms with Gasteiger partial charge in [-0.25, -0.2) is 4.79 Å². The van der Waals surface area contributed by atoms with Gasteiger partial charge >= 0.3 is 6.09 Å². The van der Waals surface area contributed by atoms with Gasteiger partial charge in [0.2, 0.25) is 0 Å². The molecule has 0 saturated carbocycles. The normalized spacial score (nSPS) is 22.5. The van der Waals surface area contributed by atoms with Crippen LogP contribution < -0.4 is 5.32 Å². The molecule has 1 amide bonds. The number of carbonyl (C=O) groups is 1. The van der Waals surface area contributed by atoms with Crippen LogP contribution in [0, 0.1) is 0 Å². The van der Waals surface area contributed by atoms with Gasteiger partial charge in [0.15, 0.2) is 6.29 Å². The van der Waals surface area contributed by atoms with E-state index in [2.05, 4.69) is 48.5 Å². The van der Waals surface area contributed by atoms with Crippen molar-refractivity contribution >= 4 is 6.09 Å². The van der Waals surface area contributed by atoms with Gasteiger partial charge in [0, 0.05) is 19.7 Å². The number of rotatable bonds is 8. The minimum Gasteiger partial charge on any atom is -0.445 e. The number of nitrogens with one attached hydrogen (secondary N) is 1. The summed E-state index contributed by atoms with van der Waals surface area (Å²) in [6.07, 6.45) is 0.715. The average molecular weight is 413 g/mol. The molecule has 0 spiro atoms. The second-order valence-corrected chi connectivity index (χ2v) is 7.78. The number of methoxy groups -OCH3 is 1. The quantitative estimate of drug-likeness (QED) is 0.707. The molecule has 0 bridgehead atoms. The van der Waals surface area contributed by atoms with Crippen LogP contribution in [0.1, 0.15) is 36.9 Å². The van der Waals surface area contributed by atoms with Crippen LogP contribution in [0.3, 0.4) is 0 Å². The molecule has 1 saturated heterocycles. The van der Waals surface area contributed by atoms with E-state index in [1.54, 1.807) is 7.11 Å². The predicted molar refractivity (Wildman–Crippen MR) is 116 cm³/mol. The first kappa shape index (κ1) is 22.3. The number of amides is 1. The van der Waals surface area contributed by atoms with Crippen molar-refractivity contribution in [2.75, 3.05) is 20.7 Å². The minimum absolute atomic E-state index is 0.0458. The Hall–Kier alpha value is -2.41. The van der Waals surface area contributed by atoms with Crippen LogP contribution in [0.15, 0.2) is 60.7 Å². The zero-order valence-electron chi connectivity index (χ0n) is 18.0. The number of carbonyl (C=O) groups excluding carboxylic acids is 1. The third-order valence-electron chi connectivity index (χ3n) is 5.64. The van der Waals surface area contributed by atoms with Crippen LogP contribution in [0.5, 0.6) is 0 Å². The molecule has 1 aliphatic heterocycles. The molecule has 1 fully saturated rings. The Morgan fingerprint density at radius 1 is 1.13 bits per heavy atom. The molecule has 6 heteroatoms. The van der Waals surface area contributed by atoms with E-state index in [4.69, 9.17) is 14.2 Å². The molecule has 1 heterocycles. The maximum atomic E-state index is 12.2. The zero-order chi connectivity index (χ0) is 21.3. The Morgan fingerprint density at radius 2 is 1.80 bits per heavy atom. The number of hydrogen-bond donors (Lipinski definition) is 1. The highest BCUT2D eigenvalue weighted by atomic mass is 16.7. The monoisotopic (exact) mass is 412 g/mol. The summed E-state index contributed by atoms with van der Waals surface area (Å²) in [5, 5.41) is 2.89. The van der Waals surface area contributed by atoms with Crippen molar-refractivity contribution in [1.29, 1.82) is 0 Å². The van der Waals surface area contributed by atoms with Crippen LogP contribution in [0.2, 0.25) is 0 Å². The average Bonchev–Trinajstić information content (AvgIpc) is 2.79. The lowest BCUT2D eigenvalue weighted by atomic mass is 10.0.